The molecule has 5 nitrogen and oxygen atoms in total. The zero-order valence-electron chi connectivity index (χ0n) is 13.6. The third kappa shape index (κ3) is 1.99. The Morgan fingerprint density at radius 3 is 2.54 bits per heavy atom. The molecule has 26 heavy (non-hydrogen) atoms. The molecule has 0 N–H and O–H groups in total. The third-order valence-electron chi connectivity index (χ3n) is 4.60. The molecule has 2 heterocycles. The topological polar surface area (TPSA) is 64.2 Å². The zero-order chi connectivity index (χ0) is 17.7. The third-order valence-corrected chi connectivity index (χ3v) is 4.60. The lowest BCUT2D eigenvalue weighted by Crippen LogP contribution is -2.10. The first-order valence-electron chi connectivity index (χ1n) is 8.14. The molecule has 0 saturated carbocycles. The number of para-hydroxylation sites is 1. The van der Waals surface area contributed by atoms with Crippen molar-refractivity contribution in [3.8, 4) is 23.3 Å². The van der Waals surface area contributed by atoms with Gasteiger partial charge < -0.3 is 14.0 Å². The molecule has 0 radical (unpaired) electrons. The van der Waals surface area contributed by atoms with Crippen molar-refractivity contribution in [2.45, 2.75) is 0 Å². The number of hydrogen-bond acceptors (Lipinski definition) is 4. The zero-order valence-corrected chi connectivity index (χ0v) is 13.6. The first-order chi connectivity index (χ1) is 12.8. The van der Waals surface area contributed by atoms with Gasteiger partial charge in [-0.2, -0.15) is 5.26 Å². The van der Waals surface area contributed by atoms with Crippen LogP contribution in [0.3, 0.4) is 0 Å². The second-order valence-electron chi connectivity index (χ2n) is 6.07. The van der Waals surface area contributed by atoms with Gasteiger partial charge in [-0.3, -0.25) is 4.79 Å². The van der Waals surface area contributed by atoms with Crippen LogP contribution in [0.2, 0.25) is 0 Å². The van der Waals surface area contributed by atoms with Crippen molar-refractivity contribution < 1.29 is 9.47 Å². The smallest absolute Gasteiger partial charge is 0.231 e. The molecule has 0 amide bonds. The molecule has 1 aliphatic heterocycles. The van der Waals surface area contributed by atoms with Crippen LogP contribution in [-0.4, -0.2) is 11.4 Å². The summed E-state index contributed by atoms with van der Waals surface area (Å²) in [4.78, 5) is 13.0. The van der Waals surface area contributed by atoms with Crippen LogP contribution in [0.25, 0.3) is 27.5 Å². The number of hydrogen-bond donors (Lipinski definition) is 0. The lowest BCUT2D eigenvalue weighted by atomic mass is 10.1. The van der Waals surface area contributed by atoms with Crippen LogP contribution in [0.4, 0.5) is 0 Å². The number of aromatic nitrogens is 1. The fraction of sp³-hybridized carbons (Fsp3) is 0.0476. The van der Waals surface area contributed by atoms with Crippen LogP contribution in [-0.2, 0) is 0 Å². The van der Waals surface area contributed by atoms with E-state index in [1.54, 1.807) is 18.2 Å². The highest BCUT2D eigenvalue weighted by molar-refractivity contribution is 5.96. The van der Waals surface area contributed by atoms with Crippen molar-refractivity contribution in [3.05, 3.63) is 76.5 Å². The molecule has 5 rings (SSSR count). The Balaban J connectivity index is 2.00. The van der Waals surface area contributed by atoms with Gasteiger partial charge in [-0.05, 0) is 36.4 Å². The van der Waals surface area contributed by atoms with Crippen LogP contribution in [0.5, 0.6) is 11.5 Å². The van der Waals surface area contributed by atoms with E-state index < -0.39 is 0 Å². The summed E-state index contributed by atoms with van der Waals surface area (Å²) in [5, 5.41) is 10.4. The van der Waals surface area contributed by atoms with E-state index in [0.29, 0.717) is 33.4 Å². The predicted molar refractivity (Wildman–Crippen MR) is 97.9 cm³/mol. The monoisotopic (exact) mass is 340 g/mol. The van der Waals surface area contributed by atoms with E-state index in [2.05, 4.69) is 6.07 Å². The van der Waals surface area contributed by atoms with Gasteiger partial charge in [0, 0.05) is 17.1 Å². The van der Waals surface area contributed by atoms with Gasteiger partial charge in [-0.15, -0.1) is 0 Å². The molecule has 0 atom stereocenters. The summed E-state index contributed by atoms with van der Waals surface area (Å²) in [5.74, 6) is 1.18. The van der Waals surface area contributed by atoms with E-state index in [1.165, 1.54) is 0 Å². The fourth-order valence-corrected chi connectivity index (χ4v) is 3.43. The molecule has 5 heteroatoms. The first kappa shape index (κ1) is 14.6. The number of benzene rings is 3. The Morgan fingerprint density at radius 2 is 1.69 bits per heavy atom. The summed E-state index contributed by atoms with van der Waals surface area (Å²) in [6.45, 7) is 0.142. The minimum absolute atomic E-state index is 0.0541. The van der Waals surface area contributed by atoms with Crippen LogP contribution >= 0.6 is 0 Å². The normalized spacial score (nSPS) is 12.4. The second kappa shape index (κ2) is 5.36. The standard InChI is InChI=1S/C21H12N2O3/c22-11-13-4-3-5-14(8-13)23-17-7-2-1-6-15(17)21(24)16-9-19-20(10-18(16)23)26-12-25-19/h1-10H,12H2. The van der Waals surface area contributed by atoms with Crippen molar-refractivity contribution in [1.82, 2.24) is 4.57 Å². The number of nitrogens with zero attached hydrogens (tertiary/aromatic N) is 2. The number of fused-ring (bicyclic) bond motifs is 3. The van der Waals surface area contributed by atoms with Crippen molar-refractivity contribution in [1.29, 1.82) is 5.26 Å². The van der Waals surface area contributed by atoms with E-state index in [4.69, 9.17) is 9.47 Å². The predicted octanol–water partition coefficient (Wildman–Crippen LogP) is 3.74. The van der Waals surface area contributed by atoms with Crippen LogP contribution in [0.15, 0.2) is 65.5 Å². The molecule has 0 unspecified atom stereocenters. The Morgan fingerprint density at radius 1 is 0.885 bits per heavy atom. The molecule has 0 aliphatic carbocycles. The summed E-state index contributed by atoms with van der Waals surface area (Å²) >= 11 is 0. The van der Waals surface area contributed by atoms with Crippen LogP contribution in [0.1, 0.15) is 5.56 Å². The van der Waals surface area contributed by atoms with Crippen molar-refractivity contribution in [2.75, 3.05) is 6.79 Å². The summed E-state index contributed by atoms with van der Waals surface area (Å²) < 4.78 is 12.9. The minimum Gasteiger partial charge on any atom is -0.454 e. The van der Waals surface area contributed by atoms with Gasteiger partial charge >= 0.3 is 0 Å². The Labute approximate surface area is 148 Å². The minimum atomic E-state index is -0.0541. The number of pyridine rings is 1. The molecule has 1 aliphatic rings. The van der Waals surface area contributed by atoms with E-state index in [-0.39, 0.29) is 12.2 Å². The first-order valence-corrected chi connectivity index (χ1v) is 8.14. The highest BCUT2D eigenvalue weighted by Gasteiger charge is 2.19. The molecule has 124 valence electrons. The second-order valence-corrected chi connectivity index (χ2v) is 6.07. The summed E-state index contributed by atoms with van der Waals surface area (Å²) in [6.07, 6.45) is 0. The molecular formula is C21H12N2O3. The maximum absolute atomic E-state index is 13.0. The average Bonchev–Trinajstić information content (AvgIpc) is 3.15. The average molecular weight is 340 g/mol. The van der Waals surface area contributed by atoms with Crippen molar-refractivity contribution >= 4 is 21.8 Å². The quantitative estimate of drug-likeness (QED) is 0.495. The highest BCUT2D eigenvalue weighted by Crippen LogP contribution is 2.37. The van der Waals surface area contributed by atoms with Gasteiger partial charge in [0.25, 0.3) is 0 Å². The Kier molecular flexibility index (Phi) is 3.00. The molecule has 3 aromatic carbocycles. The van der Waals surface area contributed by atoms with Gasteiger partial charge in [0.2, 0.25) is 6.79 Å². The summed E-state index contributed by atoms with van der Waals surface area (Å²) in [6, 6.07) is 20.5. The lowest BCUT2D eigenvalue weighted by Gasteiger charge is -2.16. The van der Waals surface area contributed by atoms with Crippen LogP contribution < -0.4 is 14.9 Å². The van der Waals surface area contributed by atoms with E-state index in [9.17, 15) is 10.1 Å². The number of nitriles is 1. The fourth-order valence-electron chi connectivity index (χ4n) is 3.43. The largest absolute Gasteiger partial charge is 0.454 e. The van der Waals surface area contributed by atoms with Gasteiger partial charge in [0.05, 0.1) is 28.1 Å². The Hall–Kier alpha value is -3.78. The van der Waals surface area contributed by atoms with Crippen molar-refractivity contribution in [2.24, 2.45) is 0 Å². The lowest BCUT2D eigenvalue weighted by molar-refractivity contribution is 0.174. The van der Waals surface area contributed by atoms with E-state index in [0.717, 1.165) is 11.2 Å². The van der Waals surface area contributed by atoms with Gasteiger partial charge in [0.1, 0.15) is 0 Å². The molecule has 0 fully saturated rings. The van der Waals surface area contributed by atoms with Gasteiger partial charge in [-0.25, -0.2) is 0 Å². The summed E-state index contributed by atoms with van der Waals surface area (Å²) in [5.41, 5.74) is 2.80. The van der Waals surface area contributed by atoms with Crippen molar-refractivity contribution in [3.63, 3.8) is 0 Å². The molecular weight excluding hydrogens is 328 g/mol. The highest BCUT2D eigenvalue weighted by atomic mass is 16.7. The summed E-state index contributed by atoms with van der Waals surface area (Å²) in [7, 11) is 0. The number of rotatable bonds is 1. The van der Waals surface area contributed by atoms with Crippen LogP contribution in [0, 0.1) is 11.3 Å². The van der Waals surface area contributed by atoms with E-state index >= 15 is 0 Å². The van der Waals surface area contributed by atoms with E-state index in [1.807, 2.05) is 47.0 Å². The molecule has 0 spiro atoms. The van der Waals surface area contributed by atoms with Gasteiger partial charge in [-0.1, -0.05) is 18.2 Å². The number of ether oxygens (including phenoxy) is 2. The molecule has 4 aromatic rings. The molecule has 1 aromatic heterocycles. The molecule has 0 bridgehead atoms. The molecule has 0 saturated heterocycles. The van der Waals surface area contributed by atoms with Gasteiger partial charge in [0.15, 0.2) is 16.9 Å². The maximum atomic E-state index is 13.0. The maximum Gasteiger partial charge on any atom is 0.231 e. The SMILES string of the molecule is N#Cc1cccc(-n2c3ccccc3c(=O)c3cc4c(cc32)OCO4)c1. The Bertz CT molecular complexity index is 1300.